The van der Waals surface area contributed by atoms with E-state index in [1.54, 1.807) is 0 Å². The van der Waals surface area contributed by atoms with E-state index < -0.39 is 0 Å². The molecule has 2 nitrogen and oxygen atoms in total. The lowest BCUT2D eigenvalue weighted by molar-refractivity contribution is 0.0985. The van der Waals surface area contributed by atoms with Gasteiger partial charge in [-0.3, -0.25) is 4.79 Å². The Morgan fingerprint density at radius 3 is 2.86 bits per heavy atom. The molecular weight excluding hydrogens is 174 g/mol. The predicted molar refractivity (Wildman–Crippen MR) is 56.4 cm³/mol. The number of Topliss-reactive ketones (excluding diaryl/α,β-unsaturated/α-hetero) is 1. The Bertz CT molecular complexity index is 342. The first-order chi connectivity index (χ1) is 6.81. The van der Waals surface area contributed by atoms with E-state index in [1.807, 2.05) is 18.2 Å². The van der Waals surface area contributed by atoms with Gasteiger partial charge in [-0.2, -0.15) is 0 Å². The molecule has 0 amide bonds. The van der Waals surface area contributed by atoms with Crippen LogP contribution in [0.25, 0.3) is 0 Å². The molecule has 0 saturated heterocycles. The maximum absolute atomic E-state index is 11.6. The topological polar surface area (TPSA) is 43.1 Å². The Morgan fingerprint density at radius 2 is 2.21 bits per heavy atom. The lowest BCUT2D eigenvalue weighted by atomic mass is 10.0. The molecule has 0 bridgehead atoms. The summed E-state index contributed by atoms with van der Waals surface area (Å²) in [7, 11) is 0. The molecule has 74 valence electrons. The van der Waals surface area contributed by atoms with Crippen LogP contribution in [0.3, 0.4) is 0 Å². The van der Waals surface area contributed by atoms with E-state index in [0.29, 0.717) is 18.9 Å². The minimum absolute atomic E-state index is 0.162. The number of carbonyl (C=O) groups excluding carboxylic acids is 1. The van der Waals surface area contributed by atoms with Gasteiger partial charge >= 0.3 is 0 Å². The predicted octanol–water partition coefficient (Wildman–Crippen LogP) is 2.10. The third-order valence-corrected chi connectivity index (χ3v) is 2.63. The molecule has 1 aliphatic carbocycles. The summed E-state index contributed by atoms with van der Waals surface area (Å²) in [6.07, 6.45) is 3.00. The molecule has 0 heterocycles. The third kappa shape index (κ3) is 2.02. The largest absolute Gasteiger partial charge is 0.330 e. The molecule has 0 unspecified atom stereocenters. The summed E-state index contributed by atoms with van der Waals surface area (Å²) < 4.78 is 0. The molecule has 1 aliphatic rings. The van der Waals surface area contributed by atoms with Gasteiger partial charge in [0.2, 0.25) is 0 Å². The lowest BCUT2D eigenvalue weighted by Gasteiger charge is -2.02. The van der Waals surface area contributed by atoms with Crippen LogP contribution in [0, 0.1) is 0 Å². The van der Waals surface area contributed by atoms with Crippen LogP contribution in [0.4, 0.5) is 0 Å². The summed E-state index contributed by atoms with van der Waals surface area (Å²) in [5.41, 5.74) is 7.49. The molecule has 1 aromatic carbocycles. The van der Waals surface area contributed by atoms with Gasteiger partial charge in [0.1, 0.15) is 0 Å². The van der Waals surface area contributed by atoms with Crippen LogP contribution < -0.4 is 5.73 Å². The molecular formula is C12H15NO. The van der Waals surface area contributed by atoms with Gasteiger partial charge in [-0.1, -0.05) is 18.2 Å². The maximum Gasteiger partial charge on any atom is 0.164 e. The SMILES string of the molecule is NCCC(=O)c1cccc(C2CC2)c1. The second-order valence-corrected chi connectivity index (χ2v) is 3.86. The van der Waals surface area contributed by atoms with Gasteiger partial charge in [-0.15, -0.1) is 0 Å². The van der Waals surface area contributed by atoms with Gasteiger partial charge in [0.25, 0.3) is 0 Å². The van der Waals surface area contributed by atoms with Crippen molar-refractivity contribution in [3.05, 3.63) is 35.4 Å². The summed E-state index contributed by atoms with van der Waals surface area (Å²) in [6, 6.07) is 7.98. The number of nitrogens with two attached hydrogens (primary N) is 1. The second kappa shape index (κ2) is 3.93. The molecule has 1 saturated carbocycles. The van der Waals surface area contributed by atoms with Crippen molar-refractivity contribution in [2.45, 2.75) is 25.2 Å². The van der Waals surface area contributed by atoms with Crippen LogP contribution in [-0.2, 0) is 0 Å². The fourth-order valence-electron chi connectivity index (χ4n) is 1.66. The van der Waals surface area contributed by atoms with E-state index in [4.69, 9.17) is 5.73 Å². The number of carbonyl (C=O) groups is 1. The third-order valence-electron chi connectivity index (χ3n) is 2.63. The van der Waals surface area contributed by atoms with Crippen LogP contribution in [0.5, 0.6) is 0 Å². The van der Waals surface area contributed by atoms with Crippen molar-refractivity contribution in [2.24, 2.45) is 5.73 Å². The number of benzene rings is 1. The van der Waals surface area contributed by atoms with Crippen molar-refractivity contribution in [3.8, 4) is 0 Å². The highest BCUT2D eigenvalue weighted by Gasteiger charge is 2.23. The molecule has 2 rings (SSSR count). The van der Waals surface area contributed by atoms with E-state index in [0.717, 1.165) is 5.56 Å². The van der Waals surface area contributed by atoms with Gasteiger partial charge in [-0.25, -0.2) is 0 Å². The van der Waals surface area contributed by atoms with E-state index in [2.05, 4.69) is 6.07 Å². The minimum Gasteiger partial charge on any atom is -0.330 e. The maximum atomic E-state index is 11.6. The molecule has 0 aliphatic heterocycles. The number of hydrogen-bond donors (Lipinski definition) is 1. The highest BCUT2D eigenvalue weighted by Crippen LogP contribution is 2.40. The van der Waals surface area contributed by atoms with Gasteiger partial charge < -0.3 is 5.73 Å². The number of hydrogen-bond acceptors (Lipinski definition) is 2. The highest BCUT2D eigenvalue weighted by molar-refractivity contribution is 5.96. The number of rotatable bonds is 4. The Morgan fingerprint density at radius 1 is 1.43 bits per heavy atom. The van der Waals surface area contributed by atoms with E-state index >= 15 is 0 Å². The summed E-state index contributed by atoms with van der Waals surface area (Å²) in [6.45, 7) is 0.437. The first-order valence-corrected chi connectivity index (χ1v) is 5.14. The Balaban J connectivity index is 2.16. The quantitative estimate of drug-likeness (QED) is 0.737. The summed E-state index contributed by atoms with van der Waals surface area (Å²) in [5.74, 6) is 0.871. The van der Waals surface area contributed by atoms with Gasteiger partial charge in [0.05, 0.1) is 0 Å². The van der Waals surface area contributed by atoms with Crippen molar-refractivity contribution < 1.29 is 4.79 Å². The van der Waals surface area contributed by atoms with Crippen molar-refractivity contribution in [1.82, 2.24) is 0 Å². The van der Waals surface area contributed by atoms with Crippen molar-refractivity contribution in [3.63, 3.8) is 0 Å². The Labute approximate surface area is 84.1 Å². The normalized spacial score (nSPS) is 15.5. The van der Waals surface area contributed by atoms with Crippen molar-refractivity contribution in [1.29, 1.82) is 0 Å². The molecule has 14 heavy (non-hydrogen) atoms. The smallest absolute Gasteiger partial charge is 0.164 e. The van der Waals surface area contributed by atoms with Crippen molar-refractivity contribution in [2.75, 3.05) is 6.54 Å². The van der Waals surface area contributed by atoms with Crippen LogP contribution in [-0.4, -0.2) is 12.3 Å². The fourth-order valence-corrected chi connectivity index (χ4v) is 1.66. The van der Waals surface area contributed by atoms with Crippen LogP contribution in [0.15, 0.2) is 24.3 Å². The Kier molecular flexibility index (Phi) is 2.64. The average molecular weight is 189 g/mol. The van der Waals surface area contributed by atoms with Crippen LogP contribution >= 0.6 is 0 Å². The Hall–Kier alpha value is -1.15. The highest BCUT2D eigenvalue weighted by atomic mass is 16.1. The summed E-state index contributed by atoms with van der Waals surface area (Å²) >= 11 is 0. The van der Waals surface area contributed by atoms with Crippen LogP contribution in [0.1, 0.15) is 41.1 Å². The first kappa shape index (κ1) is 9.41. The molecule has 1 fully saturated rings. The molecule has 0 radical (unpaired) electrons. The zero-order valence-electron chi connectivity index (χ0n) is 8.20. The minimum atomic E-state index is 0.162. The van der Waals surface area contributed by atoms with E-state index in [1.165, 1.54) is 18.4 Å². The molecule has 2 N–H and O–H groups in total. The molecule has 1 aromatic rings. The van der Waals surface area contributed by atoms with Crippen LogP contribution in [0.2, 0.25) is 0 Å². The summed E-state index contributed by atoms with van der Waals surface area (Å²) in [4.78, 5) is 11.6. The van der Waals surface area contributed by atoms with Gasteiger partial charge in [0, 0.05) is 12.0 Å². The molecule has 0 aromatic heterocycles. The van der Waals surface area contributed by atoms with Gasteiger partial charge in [-0.05, 0) is 36.9 Å². The van der Waals surface area contributed by atoms with Gasteiger partial charge in [0.15, 0.2) is 5.78 Å². The zero-order chi connectivity index (χ0) is 9.97. The molecule has 0 atom stereocenters. The fraction of sp³-hybridized carbons (Fsp3) is 0.417. The molecule has 2 heteroatoms. The average Bonchev–Trinajstić information content (AvgIpc) is 3.02. The monoisotopic (exact) mass is 189 g/mol. The number of ketones is 1. The zero-order valence-corrected chi connectivity index (χ0v) is 8.20. The molecule has 0 spiro atoms. The van der Waals surface area contributed by atoms with Crippen molar-refractivity contribution >= 4 is 5.78 Å². The second-order valence-electron chi connectivity index (χ2n) is 3.86. The first-order valence-electron chi connectivity index (χ1n) is 5.14. The van der Waals surface area contributed by atoms with E-state index in [9.17, 15) is 4.79 Å². The standard InChI is InChI=1S/C12H15NO/c13-7-6-12(14)11-3-1-2-10(8-11)9-4-5-9/h1-3,8-9H,4-7,13H2. The lowest BCUT2D eigenvalue weighted by Crippen LogP contribution is -2.08. The van der Waals surface area contributed by atoms with E-state index in [-0.39, 0.29) is 5.78 Å². The summed E-state index contributed by atoms with van der Waals surface area (Å²) in [5, 5.41) is 0.